The van der Waals surface area contributed by atoms with Crippen molar-refractivity contribution in [1.82, 2.24) is 0 Å². The Morgan fingerprint density at radius 1 is 1.38 bits per heavy atom. The van der Waals surface area contributed by atoms with Gasteiger partial charge in [0, 0.05) is 14.5 Å². The van der Waals surface area contributed by atoms with Gasteiger partial charge in [0.25, 0.3) is 0 Å². The first-order valence-electron chi connectivity index (χ1n) is 4.51. The Kier molecular flexibility index (Phi) is 3.73. The maximum Gasteiger partial charge on any atom is 0.186 e. The van der Waals surface area contributed by atoms with Gasteiger partial charge in [-0.25, -0.2) is 4.39 Å². The smallest absolute Gasteiger partial charge is 0.186 e. The van der Waals surface area contributed by atoms with Crippen LogP contribution in [0.5, 0.6) is 0 Å². The SMILES string of the molecule is O=Cc1c(F)cc(Br)c(C2OCCO2)c1Br. The molecule has 1 aromatic rings. The Morgan fingerprint density at radius 2 is 2.00 bits per heavy atom. The van der Waals surface area contributed by atoms with Gasteiger partial charge in [-0.2, -0.15) is 0 Å². The van der Waals surface area contributed by atoms with Crippen molar-refractivity contribution >= 4 is 38.1 Å². The number of hydrogen-bond acceptors (Lipinski definition) is 3. The number of carbonyl (C=O) groups excluding carboxylic acids is 1. The van der Waals surface area contributed by atoms with E-state index in [0.717, 1.165) is 0 Å². The zero-order valence-corrected chi connectivity index (χ0v) is 11.2. The zero-order valence-electron chi connectivity index (χ0n) is 8.00. The topological polar surface area (TPSA) is 35.5 Å². The van der Waals surface area contributed by atoms with Crippen molar-refractivity contribution in [2.75, 3.05) is 13.2 Å². The van der Waals surface area contributed by atoms with E-state index in [1.54, 1.807) is 0 Å². The summed E-state index contributed by atoms with van der Waals surface area (Å²) in [5.74, 6) is -0.588. The minimum absolute atomic E-state index is 0.0303. The molecule has 0 atom stereocenters. The monoisotopic (exact) mass is 352 g/mol. The summed E-state index contributed by atoms with van der Waals surface area (Å²) in [5, 5.41) is 0. The van der Waals surface area contributed by atoms with E-state index < -0.39 is 12.1 Å². The molecule has 0 spiro atoms. The largest absolute Gasteiger partial charge is 0.346 e. The van der Waals surface area contributed by atoms with E-state index in [1.807, 2.05) is 0 Å². The number of carbonyl (C=O) groups is 1. The van der Waals surface area contributed by atoms with Crippen LogP contribution >= 0.6 is 31.9 Å². The number of rotatable bonds is 2. The van der Waals surface area contributed by atoms with E-state index in [-0.39, 0.29) is 5.56 Å². The van der Waals surface area contributed by atoms with Crippen molar-refractivity contribution in [3.8, 4) is 0 Å². The molecule has 16 heavy (non-hydrogen) atoms. The normalized spacial score (nSPS) is 16.7. The third kappa shape index (κ3) is 2.07. The summed E-state index contributed by atoms with van der Waals surface area (Å²) in [7, 11) is 0. The molecule has 1 saturated heterocycles. The first-order chi connectivity index (χ1) is 7.65. The first kappa shape index (κ1) is 12.2. The van der Waals surface area contributed by atoms with Crippen LogP contribution in [-0.2, 0) is 9.47 Å². The van der Waals surface area contributed by atoms with Crippen LogP contribution in [0.2, 0.25) is 0 Å². The van der Waals surface area contributed by atoms with Crippen molar-refractivity contribution in [1.29, 1.82) is 0 Å². The molecule has 2 rings (SSSR count). The maximum absolute atomic E-state index is 13.4. The van der Waals surface area contributed by atoms with Crippen LogP contribution in [0.15, 0.2) is 15.0 Å². The van der Waals surface area contributed by atoms with Crippen LogP contribution in [0.1, 0.15) is 22.2 Å². The molecule has 0 aliphatic carbocycles. The molecule has 6 heteroatoms. The van der Waals surface area contributed by atoms with E-state index in [9.17, 15) is 9.18 Å². The van der Waals surface area contributed by atoms with E-state index in [4.69, 9.17) is 9.47 Å². The molecular weight excluding hydrogens is 347 g/mol. The summed E-state index contributed by atoms with van der Waals surface area (Å²) in [6, 6.07) is 1.23. The lowest BCUT2D eigenvalue weighted by Gasteiger charge is -2.15. The van der Waals surface area contributed by atoms with E-state index in [2.05, 4.69) is 31.9 Å². The number of hydrogen-bond donors (Lipinski definition) is 0. The standard InChI is InChI=1S/C10H7Br2FO3/c11-6-3-7(13)5(4-14)9(12)8(6)10-15-1-2-16-10/h3-4,10H,1-2H2. The fourth-order valence-corrected chi connectivity index (χ4v) is 3.01. The van der Waals surface area contributed by atoms with Gasteiger partial charge in [0.15, 0.2) is 12.6 Å². The maximum atomic E-state index is 13.4. The molecule has 1 aliphatic rings. The molecule has 0 unspecified atom stereocenters. The first-order valence-corrected chi connectivity index (χ1v) is 6.09. The molecule has 1 aliphatic heterocycles. The quantitative estimate of drug-likeness (QED) is 0.766. The predicted octanol–water partition coefficient (Wildman–Crippen LogP) is 3.21. The van der Waals surface area contributed by atoms with Gasteiger partial charge in [-0.15, -0.1) is 0 Å². The summed E-state index contributed by atoms with van der Waals surface area (Å²) in [6.45, 7) is 0.967. The van der Waals surface area contributed by atoms with Crippen LogP contribution in [0.25, 0.3) is 0 Å². The molecule has 1 aromatic carbocycles. The van der Waals surface area contributed by atoms with Gasteiger partial charge in [-0.05, 0) is 22.0 Å². The summed E-state index contributed by atoms with van der Waals surface area (Å²) in [5.41, 5.74) is 0.568. The average Bonchev–Trinajstić information content (AvgIpc) is 2.70. The van der Waals surface area contributed by atoms with Crippen LogP contribution < -0.4 is 0 Å². The van der Waals surface area contributed by atoms with Crippen LogP contribution in [0.4, 0.5) is 4.39 Å². The third-order valence-corrected chi connectivity index (χ3v) is 3.73. The Labute approximate surface area is 108 Å². The molecule has 0 radical (unpaired) electrons. The minimum atomic E-state index is -0.588. The second-order valence-corrected chi connectivity index (χ2v) is 4.82. The molecule has 0 saturated carbocycles. The average molecular weight is 354 g/mol. The third-order valence-electron chi connectivity index (χ3n) is 2.22. The van der Waals surface area contributed by atoms with Gasteiger partial charge in [-0.3, -0.25) is 4.79 Å². The van der Waals surface area contributed by atoms with Crippen molar-refractivity contribution in [2.24, 2.45) is 0 Å². The van der Waals surface area contributed by atoms with Gasteiger partial charge in [0.1, 0.15) is 5.82 Å². The van der Waals surface area contributed by atoms with Gasteiger partial charge < -0.3 is 9.47 Å². The Bertz CT molecular complexity index is 431. The number of aldehydes is 1. The molecule has 0 amide bonds. The molecule has 0 bridgehead atoms. The van der Waals surface area contributed by atoms with Crippen molar-refractivity contribution in [3.05, 3.63) is 32.0 Å². The number of halogens is 3. The fourth-order valence-electron chi connectivity index (χ4n) is 1.47. The molecule has 86 valence electrons. The summed E-state index contributed by atoms with van der Waals surface area (Å²) in [6.07, 6.45) is -0.104. The van der Waals surface area contributed by atoms with E-state index in [0.29, 0.717) is 34.0 Å². The minimum Gasteiger partial charge on any atom is -0.346 e. The second-order valence-electron chi connectivity index (χ2n) is 3.17. The Morgan fingerprint density at radius 3 is 2.56 bits per heavy atom. The lowest BCUT2D eigenvalue weighted by atomic mass is 10.1. The molecule has 3 nitrogen and oxygen atoms in total. The van der Waals surface area contributed by atoms with Gasteiger partial charge in [0.2, 0.25) is 0 Å². The second kappa shape index (κ2) is 4.91. The van der Waals surface area contributed by atoms with Gasteiger partial charge >= 0.3 is 0 Å². The molecule has 1 fully saturated rings. The Balaban J connectivity index is 2.55. The van der Waals surface area contributed by atoms with Crippen LogP contribution in [-0.4, -0.2) is 19.5 Å². The van der Waals surface area contributed by atoms with E-state index >= 15 is 0 Å². The van der Waals surface area contributed by atoms with Crippen molar-refractivity contribution in [3.63, 3.8) is 0 Å². The van der Waals surface area contributed by atoms with Crippen LogP contribution in [0, 0.1) is 5.82 Å². The summed E-state index contributed by atoms with van der Waals surface area (Å²) < 4.78 is 24.9. The fraction of sp³-hybridized carbons (Fsp3) is 0.300. The number of benzene rings is 1. The lowest BCUT2D eigenvalue weighted by Crippen LogP contribution is -2.04. The highest BCUT2D eigenvalue weighted by atomic mass is 79.9. The molecule has 0 N–H and O–H groups in total. The predicted molar refractivity (Wildman–Crippen MR) is 61.8 cm³/mol. The van der Waals surface area contributed by atoms with Gasteiger partial charge in [-0.1, -0.05) is 15.9 Å². The van der Waals surface area contributed by atoms with Crippen molar-refractivity contribution in [2.45, 2.75) is 6.29 Å². The highest BCUT2D eigenvalue weighted by molar-refractivity contribution is 9.11. The van der Waals surface area contributed by atoms with Crippen molar-refractivity contribution < 1.29 is 18.7 Å². The molecule has 0 aromatic heterocycles. The van der Waals surface area contributed by atoms with E-state index in [1.165, 1.54) is 6.07 Å². The molecular formula is C10H7Br2FO3. The zero-order chi connectivity index (χ0) is 11.7. The Hall–Kier alpha value is -0.300. The summed E-state index contributed by atoms with van der Waals surface area (Å²) >= 11 is 6.42. The number of ether oxygens (including phenoxy) is 2. The van der Waals surface area contributed by atoms with Crippen LogP contribution in [0.3, 0.4) is 0 Å². The highest BCUT2D eigenvalue weighted by Gasteiger charge is 2.26. The lowest BCUT2D eigenvalue weighted by molar-refractivity contribution is -0.0452. The highest BCUT2D eigenvalue weighted by Crippen LogP contribution is 2.38. The van der Waals surface area contributed by atoms with Gasteiger partial charge in [0.05, 0.1) is 18.8 Å². The molecule has 1 heterocycles. The summed E-state index contributed by atoms with van der Waals surface area (Å²) in [4.78, 5) is 10.8.